The lowest BCUT2D eigenvalue weighted by Crippen LogP contribution is -2.36. The molecule has 1 amide bonds. The van der Waals surface area contributed by atoms with Crippen LogP contribution in [0.4, 0.5) is 18.9 Å². The monoisotopic (exact) mass is 396 g/mol. The van der Waals surface area contributed by atoms with Crippen LogP contribution in [0.25, 0.3) is 0 Å². The first-order valence-corrected chi connectivity index (χ1v) is 7.83. The van der Waals surface area contributed by atoms with Gasteiger partial charge in [-0.3, -0.25) is 9.59 Å². The first-order valence-electron chi connectivity index (χ1n) is 7.45. The fourth-order valence-corrected chi connectivity index (χ4v) is 2.33. The molecule has 0 radical (unpaired) electrons. The summed E-state index contributed by atoms with van der Waals surface area (Å²) in [6, 6.07) is 11.8. The van der Waals surface area contributed by atoms with Crippen molar-refractivity contribution in [3.05, 3.63) is 59.1 Å². The van der Waals surface area contributed by atoms with Crippen LogP contribution in [0.1, 0.15) is 10.4 Å². The van der Waals surface area contributed by atoms with Crippen molar-refractivity contribution in [2.24, 2.45) is 5.92 Å². The molecule has 2 rings (SSSR count). The lowest BCUT2D eigenvalue weighted by Gasteiger charge is -2.20. The average molecular weight is 397 g/mol. The zero-order chi connectivity index (χ0) is 20.2. The van der Waals surface area contributed by atoms with Crippen molar-refractivity contribution < 1.29 is 27.5 Å². The number of anilines is 1. The molecule has 9 heteroatoms. The number of alkyl halides is 3. The minimum Gasteiger partial charge on any atom is -0.406 e. The normalized spacial score (nSPS) is 12.0. The van der Waals surface area contributed by atoms with Crippen molar-refractivity contribution in [3.8, 4) is 11.8 Å². The van der Waals surface area contributed by atoms with E-state index in [0.29, 0.717) is 5.02 Å². The van der Waals surface area contributed by atoms with E-state index < -0.39 is 29.7 Å². The van der Waals surface area contributed by atoms with Crippen molar-refractivity contribution in [1.82, 2.24) is 0 Å². The molecule has 5 nitrogen and oxygen atoms in total. The number of hydrogen-bond donors (Lipinski definition) is 0. The summed E-state index contributed by atoms with van der Waals surface area (Å²) in [6.07, 6.45) is -4.83. The van der Waals surface area contributed by atoms with E-state index in [-0.39, 0.29) is 11.3 Å². The van der Waals surface area contributed by atoms with Gasteiger partial charge in [0.2, 0.25) is 0 Å². The van der Waals surface area contributed by atoms with E-state index in [1.54, 1.807) is 6.07 Å². The van der Waals surface area contributed by atoms with Gasteiger partial charge in [-0.25, -0.2) is 0 Å². The number of Topliss-reactive ketones (excluding diaryl/α,β-unsaturated/α-hetero) is 1. The molecule has 0 aliphatic carbocycles. The third-order valence-corrected chi connectivity index (χ3v) is 3.81. The standard InChI is InChI=1S/C18H12ClF3N2O3/c1-24(13-6-8-14(9-7-13)27-18(20,21)22)17(26)15(10-23)16(25)11-2-4-12(19)5-3-11/h2-9,15H,1H3. The van der Waals surface area contributed by atoms with Gasteiger partial charge in [0.05, 0.1) is 6.07 Å². The highest BCUT2D eigenvalue weighted by Gasteiger charge is 2.32. The zero-order valence-corrected chi connectivity index (χ0v) is 14.6. The Morgan fingerprint density at radius 3 is 2.15 bits per heavy atom. The Hall–Kier alpha value is -3.05. The molecule has 0 aliphatic rings. The number of nitrogens with zero attached hydrogens (tertiary/aromatic N) is 2. The Morgan fingerprint density at radius 1 is 1.11 bits per heavy atom. The Balaban J connectivity index is 2.17. The van der Waals surface area contributed by atoms with Crippen molar-refractivity contribution >= 4 is 29.0 Å². The van der Waals surface area contributed by atoms with Gasteiger partial charge in [-0.1, -0.05) is 11.6 Å². The van der Waals surface area contributed by atoms with Crippen LogP contribution in [0.5, 0.6) is 5.75 Å². The Labute approximate surface area is 157 Å². The molecule has 0 heterocycles. The SMILES string of the molecule is CN(C(=O)C(C#N)C(=O)c1ccc(Cl)cc1)c1ccc(OC(F)(F)F)cc1. The molecule has 0 aromatic heterocycles. The summed E-state index contributed by atoms with van der Waals surface area (Å²) < 4.78 is 40.3. The number of ether oxygens (including phenoxy) is 1. The largest absolute Gasteiger partial charge is 0.573 e. The van der Waals surface area contributed by atoms with Crippen molar-refractivity contribution in [3.63, 3.8) is 0 Å². The van der Waals surface area contributed by atoms with Gasteiger partial charge < -0.3 is 9.64 Å². The fraction of sp³-hybridized carbons (Fsp3) is 0.167. The molecule has 1 unspecified atom stereocenters. The van der Waals surface area contributed by atoms with Gasteiger partial charge in [-0.05, 0) is 48.5 Å². The van der Waals surface area contributed by atoms with Crippen LogP contribution in [0.15, 0.2) is 48.5 Å². The highest BCUT2D eigenvalue weighted by Crippen LogP contribution is 2.26. The third-order valence-electron chi connectivity index (χ3n) is 3.56. The number of benzene rings is 2. The molecule has 0 saturated heterocycles. The van der Waals surface area contributed by atoms with Crippen LogP contribution in [-0.2, 0) is 4.79 Å². The number of rotatable bonds is 5. The predicted molar refractivity (Wildman–Crippen MR) is 91.4 cm³/mol. The van der Waals surface area contributed by atoms with Gasteiger partial charge >= 0.3 is 6.36 Å². The highest BCUT2D eigenvalue weighted by molar-refractivity contribution is 6.30. The summed E-state index contributed by atoms with van der Waals surface area (Å²) in [5, 5.41) is 9.65. The maximum atomic E-state index is 12.5. The maximum Gasteiger partial charge on any atom is 0.573 e. The average Bonchev–Trinajstić information content (AvgIpc) is 2.61. The Bertz CT molecular complexity index is 875. The summed E-state index contributed by atoms with van der Waals surface area (Å²) in [5.74, 6) is -3.59. The smallest absolute Gasteiger partial charge is 0.406 e. The van der Waals surface area contributed by atoms with Crippen LogP contribution < -0.4 is 9.64 Å². The van der Waals surface area contributed by atoms with Crippen molar-refractivity contribution in [1.29, 1.82) is 5.26 Å². The molecule has 27 heavy (non-hydrogen) atoms. The maximum absolute atomic E-state index is 12.5. The second kappa shape index (κ2) is 8.10. The number of nitriles is 1. The lowest BCUT2D eigenvalue weighted by atomic mass is 9.97. The van der Waals surface area contributed by atoms with Crippen LogP contribution in [-0.4, -0.2) is 25.1 Å². The summed E-state index contributed by atoms with van der Waals surface area (Å²) in [5.41, 5.74) is 0.334. The number of amides is 1. The molecule has 2 aromatic carbocycles. The molecule has 0 aliphatic heterocycles. The van der Waals surface area contributed by atoms with Gasteiger partial charge in [0.15, 0.2) is 11.7 Å². The van der Waals surface area contributed by atoms with Gasteiger partial charge in [0.1, 0.15) is 5.75 Å². The zero-order valence-electron chi connectivity index (χ0n) is 13.8. The number of ketones is 1. The van der Waals surface area contributed by atoms with E-state index in [1.165, 1.54) is 43.4 Å². The molecule has 0 bridgehead atoms. The third kappa shape index (κ3) is 5.21. The number of carbonyl (C=O) groups is 2. The number of halogens is 4. The van der Waals surface area contributed by atoms with E-state index in [9.17, 15) is 28.0 Å². The molecule has 0 N–H and O–H groups in total. The summed E-state index contributed by atoms with van der Waals surface area (Å²) >= 11 is 5.74. The molecule has 2 aromatic rings. The van der Waals surface area contributed by atoms with E-state index >= 15 is 0 Å². The molecule has 0 fully saturated rings. The topological polar surface area (TPSA) is 70.4 Å². The van der Waals surface area contributed by atoms with Gasteiger partial charge in [-0.15, -0.1) is 13.2 Å². The second-order valence-electron chi connectivity index (χ2n) is 5.37. The van der Waals surface area contributed by atoms with Crippen LogP contribution in [0.3, 0.4) is 0 Å². The van der Waals surface area contributed by atoms with Gasteiger partial charge in [-0.2, -0.15) is 5.26 Å². The summed E-state index contributed by atoms with van der Waals surface area (Å²) in [6.45, 7) is 0. The predicted octanol–water partition coefficient (Wildman–Crippen LogP) is 4.22. The first kappa shape index (κ1) is 20.3. The van der Waals surface area contributed by atoms with Crippen LogP contribution in [0, 0.1) is 17.2 Å². The van der Waals surface area contributed by atoms with E-state index in [1.807, 2.05) is 0 Å². The van der Waals surface area contributed by atoms with Crippen molar-refractivity contribution in [2.45, 2.75) is 6.36 Å². The highest BCUT2D eigenvalue weighted by atomic mass is 35.5. The van der Waals surface area contributed by atoms with Gasteiger partial charge in [0, 0.05) is 23.3 Å². The van der Waals surface area contributed by atoms with Crippen molar-refractivity contribution in [2.75, 3.05) is 11.9 Å². The minimum absolute atomic E-state index is 0.140. The van der Waals surface area contributed by atoms with Crippen LogP contribution >= 0.6 is 11.6 Å². The molecule has 0 saturated carbocycles. The summed E-state index contributed by atoms with van der Waals surface area (Å²) in [7, 11) is 1.31. The van der Waals surface area contributed by atoms with E-state index in [2.05, 4.69) is 4.74 Å². The van der Waals surface area contributed by atoms with E-state index in [0.717, 1.165) is 17.0 Å². The molecule has 1 atom stereocenters. The molecule has 140 valence electrons. The Morgan fingerprint density at radius 2 is 1.67 bits per heavy atom. The molecular formula is C18H12ClF3N2O3. The lowest BCUT2D eigenvalue weighted by molar-refractivity contribution is -0.274. The minimum atomic E-state index is -4.83. The number of carbonyl (C=O) groups excluding carboxylic acids is 2. The van der Waals surface area contributed by atoms with E-state index in [4.69, 9.17) is 11.6 Å². The molecule has 0 spiro atoms. The van der Waals surface area contributed by atoms with Gasteiger partial charge in [0.25, 0.3) is 5.91 Å². The second-order valence-corrected chi connectivity index (χ2v) is 5.81. The van der Waals surface area contributed by atoms with Crippen LogP contribution in [0.2, 0.25) is 5.02 Å². The number of hydrogen-bond acceptors (Lipinski definition) is 4. The quantitative estimate of drug-likeness (QED) is 0.560. The first-order chi connectivity index (χ1) is 12.6. The molecular weight excluding hydrogens is 385 g/mol. The summed E-state index contributed by atoms with van der Waals surface area (Å²) in [4.78, 5) is 25.9. The fourth-order valence-electron chi connectivity index (χ4n) is 2.20. The Kier molecular flexibility index (Phi) is 6.08.